The third-order valence-corrected chi connectivity index (χ3v) is 4.40. The Bertz CT molecular complexity index is 836. The summed E-state index contributed by atoms with van der Waals surface area (Å²) < 4.78 is 3.64. The Hall–Kier alpha value is -1.93. The lowest BCUT2D eigenvalue weighted by Gasteiger charge is -2.05. The molecule has 3 heterocycles. The number of nitrogens with one attached hydrogen (secondary N) is 2. The summed E-state index contributed by atoms with van der Waals surface area (Å²) in [5, 5.41) is 19.1. The van der Waals surface area contributed by atoms with E-state index < -0.39 is 0 Å². The van der Waals surface area contributed by atoms with Crippen LogP contribution in [0.3, 0.4) is 0 Å². The molecule has 0 spiro atoms. The number of hydrazine groups is 1. The Labute approximate surface area is 137 Å². The number of hydrogen-bond donors (Lipinski definition) is 3. The van der Waals surface area contributed by atoms with Gasteiger partial charge in [-0.25, -0.2) is 4.68 Å². The Kier molecular flexibility index (Phi) is 3.78. The van der Waals surface area contributed by atoms with Gasteiger partial charge >= 0.3 is 0 Å². The van der Waals surface area contributed by atoms with E-state index in [1.54, 1.807) is 4.68 Å². The minimum absolute atomic E-state index is 0.0334. The highest BCUT2D eigenvalue weighted by atomic mass is 35.5. The average molecular weight is 333 g/mol. The normalized spacial score (nSPS) is 15.7. The van der Waals surface area contributed by atoms with Crippen molar-refractivity contribution in [1.29, 1.82) is 0 Å². The first-order valence-electron chi connectivity index (χ1n) is 7.54. The van der Waals surface area contributed by atoms with E-state index in [2.05, 4.69) is 33.4 Å². The van der Waals surface area contributed by atoms with Gasteiger partial charge in [0.05, 0.1) is 24.9 Å². The summed E-state index contributed by atoms with van der Waals surface area (Å²) in [5.74, 6) is 1.11. The summed E-state index contributed by atoms with van der Waals surface area (Å²) in [4.78, 5) is 0. The first-order valence-corrected chi connectivity index (χ1v) is 7.91. The molecule has 1 aliphatic rings. The predicted molar refractivity (Wildman–Crippen MR) is 87.7 cm³/mol. The van der Waals surface area contributed by atoms with Crippen molar-refractivity contribution >= 4 is 22.5 Å². The molecule has 8 heteroatoms. The highest BCUT2D eigenvalue weighted by molar-refractivity contribution is 6.31. The van der Waals surface area contributed by atoms with Crippen molar-refractivity contribution in [3.63, 3.8) is 0 Å². The number of halogens is 1. The molecule has 2 aromatic heterocycles. The maximum Gasteiger partial charge on any atom is 0.179 e. The number of aliphatic hydroxyl groups excluding tert-OH is 1. The van der Waals surface area contributed by atoms with E-state index in [4.69, 9.17) is 16.7 Å². The number of aliphatic hydroxyl groups is 1. The lowest BCUT2D eigenvalue weighted by atomic mass is 10.00. The molecule has 0 atom stereocenters. The minimum Gasteiger partial charge on any atom is -0.394 e. The van der Waals surface area contributed by atoms with Gasteiger partial charge in [-0.05, 0) is 17.7 Å². The van der Waals surface area contributed by atoms with Crippen molar-refractivity contribution in [2.24, 2.45) is 0 Å². The molecule has 120 valence electrons. The van der Waals surface area contributed by atoms with E-state index in [0.29, 0.717) is 17.5 Å². The van der Waals surface area contributed by atoms with Crippen LogP contribution in [0.5, 0.6) is 0 Å². The Balaban J connectivity index is 1.85. The second-order valence-electron chi connectivity index (χ2n) is 5.64. The number of benzene rings is 1. The molecule has 1 aliphatic heterocycles. The number of rotatable bonds is 4. The van der Waals surface area contributed by atoms with Crippen molar-refractivity contribution in [3.05, 3.63) is 41.2 Å². The third-order valence-electron chi connectivity index (χ3n) is 4.16. The standard InChI is InChI=1S/C15H17ClN6O/c16-11-1-2-12-13(10-6-17-18-7-10)8-22(14(12)5-11)15-9-21(3-4-23)20-19-15/h1-2,5,8-10,17-18,23H,3-4,6-7H2. The van der Waals surface area contributed by atoms with Gasteiger partial charge in [-0.15, -0.1) is 5.10 Å². The summed E-state index contributed by atoms with van der Waals surface area (Å²) in [7, 11) is 0. The molecule has 1 saturated heterocycles. The third kappa shape index (κ3) is 2.61. The van der Waals surface area contributed by atoms with Crippen molar-refractivity contribution < 1.29 is 5.11 Å². The summed E-state index contributed by atoms with van der Waals surface area (Å²) in [6.45, 7) is 2.24. The zero-order chi connectivity index (χ0) is 15.8. The zero-order valence-corrected chi connectivity index (χ0v) is 13.2. The van der Waals surface area contributed by atoms with Gasteiger partial charge in [0.15, 0.2) is 5.82 Å². The van der Waals surface area contributed by atoms with Crippen LogP contribution in [0.15, 0.2) is 30.6 Å². The molecule has 0 amide bonds. The van der Waals surface area contributed by atoms with Crippen LogP contribution in [-0.4, -0.2) is 44.4 Å². The Morgan fingerprint density at radius 1 is 1.26 bits per heavy atom. The summed E-state index contributed by atoms with van der Waals surface area (Å²) in [6, 6.07) is 5.91. The molecule has 0 radical (unpaired) electrons. The van der Waals surface area contributed by atoms with Gasteiger partial charge in [-0.1, -0.05) is 22.9 Å². The summed E-state index contributed by atoms with van der Waals surface area (Å²) >= 11 is 6.19. The molecule has 4 rings (SSSR count). The Morgan fingerprint density at radius 3 is 2.87 bits per heavy atom. The van der Waals surface area contributed by atoms with Gasteiger partial charge in [0.2, 0.25) is 0 Å². The summed E-state index contributed by atoms with van der Waals surface area (Å²) in [5.41, 5.74) is 8.61. The van der Waals surface area contributed by atoms with Crippen LogP contribution in [0.2, 0.25) is 5.02 Å². The monoisotopic (exact) mass is 332 g/mol. The maximum atomic E-state index is 9.03. The first-order chi connectivity index (χ1) is 11.3. The van der Waals surface area contributed by atoms with Gasteiger partial charge in [-0.3, -0.25) is 15.4 Å². The SMILES string of the molecule is OCCn1cc(-n2cc(C3CNNC3)c3ccc(Cl)cc32)nn1. The van der Waals surface area contributed by atoms with E-state index in [9.17, 15) is 0 Å². The average Bonchev–Trinajstić information content (AvgIpc) is 3.25. The zero-order valence-electron chi connectivity index (χ0n) is 12.4. The summed E-state index contributed by atoms with van der Waals surface area (Å²) in [6.07, 6.45) is 3.93. The maximum absolute atomic E-state index is 9.03. The molecule has 3 aromatic rings. The van der Waals surface area contributed by atoms with Crippen LogP contribution in [0, 0.1) is 0 Å². The molecule has 23 heavy (non-hydrogen) atoms. The smallest absolute Gasteiger partial charge is 0.179 e. The quantitative estimate of drug-likeness (QED) is 0.665. The molecule has 0 unspecified atom stereocenters. The van der Waals surface area contributed by atoms with E-state index >= 15 is 0 Å². The molecular weight excluding hydrogens is 316 g/mol. The molecule has 1 aromatic carbocycles. The number of nitrogens with zero attached hydrogens (tertiary/aromatic N) is 4. The van der Waals surface area contributed by atoms with Crippen LogP contribution in [0.4, 0.5) is 0 Å². The lowest BCUT2D eigenvalue weighted by molar-refractivity contribution is 0.268. The van der Waals surface area contributed by atoms with Crippen molar-refractivity contribution in [3.8, 4) is 5.82 Å². The first kappa shape index (κ1) is 14.6. The molecule has 0 bridgehead atoms. The molecule has 1 fully saturated rings. The van der Waals surface area contributed by atoms with E-state index in [-0.39, 0.29) is 6.61 Å². The Morgan fingerprint density at radius 2 is 2.09 bits per heavy atom. The van der Waals surface area contributed by atoms with Crippen LogP contribution < -0.4 is 10.9 Å². The molecule has 0 saturated carbocycles. The van der Waals surface area contributed by atoms with Crippen LogP contribution in [0.1, 0.15) is 11.5 Å². The minimum atomic E-state index is 0.0334. The van der Waals surface area contributed by atoms with Crippen molar-refractivity contribution in [2.45, 2.75) is 12.5 Å². The molecule has 3 N–H and O–H groups in total. The van der Waals surface area contributed by atoms with Crippen LogP contribution >= 0.6 is 11.6 Å². The highest BCUT2D eigenvalue weighted by Gasteiger charge is 2.22. The van der Waals surface area contributed by atoms with Gasteiger partial charge < -0.3 is 5.11 Å². The number of fused-ring (bicyclic) bond motifs is 1. The highest BCUT2D eigenvalue weighted by Crippen LogP contribution is 2.31. The van der Waals surface area contributed by atoms with E-state index in [1.807, 2.05) is 22.9 Å². The fourth-order valence-corrected chi connectivity index (χ4v) is 3.20. The predicted octanol–water partition coefficient (Wildman–Crippen LogP) is 1.06. The fraction of sp³-hybridized carbons (Fsp3) is 0.333. The second kappa shape index (κ2) is 5.93. The van der Waals surface area contributed by atoms with Gasteiger partial charge in [-0.2, -0.15) is 0 Å². The molecular formula is C15H17ClN6O. The number of hydrogen-bond acceptors (Lipinski definition) is 5. The lowest BCUT2D eigenvalue weighted by Crippen LogP contribution is -2.21. The second-order valence-corrected chi connectivity index (χ2v) is 6.07. The van der Waals surface area contributed by atoms with Crippen molar-refractivity contribution in [1.82, 2.24) is 30.4 Å². The number of aromatic nitrogens is 4. The topological polar surface area (TPSA) is 79.9 Å². The fourth-order valence-electron chi connectivity index (χ4n) is 3.03. The van der Waals surface area contributed by atoms with Gasteiger partial charge in [0.1, 0.15) is 0 Å². The van der Waals surface area contributed by atoms with E-state index in [1.165, 1.54) is 10.9 Å². The van der Waals surface area contributed by atoms with Crippen LogP contribution in [0.25, 0.3) is 16.7 Å². The van der Waals surface area contributed by atoms with Crippen molar-refractivity contribution in [2.75, 3.05) is 19.7 Å². The van der Waals surface area contributed by atoms with Crippen LogP contribution in [-0.2, 0) is 6.54 Å². The van der Waals surface area contributed by atoms with Gasteiger partial charge in [0, 0.05) is 35.6 Å². The largest absolute Gasteiger partial charge is 0.394 e. The molecule has 7 nitrogen and oxygen atoms in total. The van der Waals surface area contributed by atoms with Gasteiger partial charge in [0.25, 0.3) is 0 Å². The van der Waals surface area contributed by atoms with E-state index in [0.717, 1.165) is 24.4 Å². The molecule has 0 aliphatic carbocycles.